The second-order valence-corrected chi connectivity index (χ2v) is 2.23. The van der Waals surface area contributed by atoms with E-state index in [0.29, 0.717) is 0 Å². The van der Waals surface area contributed by atoms with E-state index in [9.17, 15) is 4.79 Å². The maximum absolute atomic E-state index is 10.4. The van der Waals surface area contributed by atoms with Crippen molar-refractivity contribution < 1.29 is 9.73 Å². The van der Waals surface area contributed by atoms with Gasteiger partial charge in [0.2, 0.25) is 5.91 Å². The van der Waals surface area contributed by atoms with Crippen LogP contribution < -0.4 is 11.0 Å². The second kappa shape index (κ2) is 4.35. The minimum absolute atomic E-state index is 0.251. The van der Waals surface area contributed by atoms with Crippen molar-refractivity contribution in [2.75, 3.05) is 5.48 Å². The standard InChI is InChI=1S/C8H10N2O2/c1-7(11)9-12-10-8-5-3-2-4-6-8/h2-6,10H,1H3,(H,9,11). The van der Waals surface area contributed by atoms with Crippen molar-refractivity contribution in [1.82, 2.24) is 5.48 Å². The Morgan fingerprint density at radius 3 is 2.58 bits per heavy atom. The van der Waals surface area contributed by atoms with Crippen LogP contribution in [0.4, 0.5) is 5.69 Å². The Labute approximate surface area is 70.4 Å². The summed E-state index contributed by atoms with van der Waals surface area (Å²) in [5.74, 6) is -0.251. The third kappa shape index (κ3) is 3.03. The number of nitrogens with one attached hydrogen (secondary N) is 2. The van der Waals surface area contributed by atoms with E-state index in [1.165, 1.54) is 6.92 Å². The van der Waals surface area contributed by atoms with Gasteiger partial charge in [0.15, 0.2) is 0 Å². The summed E-state index contributed by atoms with van der Waals surface area (Å²) in [5, 5.41) is 0. The lowest BCUT2D eigenvalue weighted by atomic mass is 10.3. The molecular formula is C8H10N2O2. The Morgan fingerprint density at radius 1 is 1.33 bits per heavy atom. The van der Waals surface area contributed by atoms with Crippen LogP contribution >= 0.6 is 0 Å². The van der Waals surface area contributed by atoms with Crippen molar-refractivity contribution in [3.05, 3.63) is 30.3 Å². The molecule has 0 spiro atoms. The Morgan fingerprint density at radius 2 is 2.00 bits per heavy atom. The van der Waals surface area contributed by atoms with Gasteiger partial charge >= 0.3 is 0 Å². The number of hydrogen-bond donors (Lipinski definition) is 2. The molecule has 1 rings (SSSR count). The van der Waals surface area contributed by atoms with Gasteiger partial charge in [0, 0.05) is 6.92 Å². The Hall–Kier alpha value is -1.55. The lowest BCUT2D eigenvalue weighted by molar-refractivity contribution is -0.129. The first-order valence-electron chi connectivity index (χ1n) is 3.52. The molecule has 0 atom stereocenters. The van der Waals surface area contributed by atoms with E-state index in [1.807, 2.05) is 30.3 Å². The third-order valence-electron chi connectivity index (χ3n) is 1.14. The fourth-order valence-electron chi connectivity index (χ4n) is 0.662. The van der Waals surface area contributed by atoms with Gasteiger partial charge in [-0.1, -0.05) is 18.2 Å². The predicted molar refractivity (Wildman–Crippen MR) is 45.0 cm³/mol. The molecule has 0 aromatic heterocycles. The third-order valence-corrected chi connectivity index (χ3v) is 1.14. The SMILES string of the molecule is CC(=O)NONc1ccccc1. The van der Waals surface area contributed by atoms with E-state index < -0.39 is 0 Å². The molecular weight excluding hydrogens is 156 g/mol. The molecule has 0 aliphatic carbocycles. The number of carbonyl (C=O) groups is 1. The molecule has 0 radical (unpaired) electrons. The number of benzene rings is 1. The number of hydrogen-bond acceptors (Lipinski definition) is 3. The van der Waals surface area contributed by atoms with E-state index in [0.717, 1.165) is 5.69 Å². The maximum Gasteiger partial charge on any atom is 0.242 e. The number of para-hydroxylation sites is 1. The molecule has 0 bridgehead atoms. The topological polar surface area (TPSA) is 50.4 Å². The zero-order chi connectivity index (χ0) is 8.81. The zero-order valence-electron chi connectivity index (χ0n) is 6.70. The van der Waals surface area contributed by atoms with Crippen LogP contribution in [0.5, 0.6) is 0 Å². The molecule has 1 aromatic rings. The van der Waals surface area contributed by atoms with Crippen LogP contribution in [0.15, 0.2) is 30.3 Å². The van der Waals surface area contributed by atoms with Crippen LogP contribution in [0.3, 0.4) is 0 Å². The molecule has 0 saturated heterocycles. The van der Waals surface area contributed by atoms with Crippen LogP contribution in [-0.4, -0.2) is 5.91 Å². The maximum atomic E-state index is 10.4. The summed E-state index contributed by atoms with van der Waals surface area (Å²) >= 11 is 0. The number of rotatable bonds is 3. The van der Waals surface area contributed by atoms with Crippen molar-refractivity contribution in [3.63, 3.8) is 0 Å². The smallest absolute Gasteiger partial charge is 0.242 e. The summed E-state index contributed by atoms with van der Waals surface area (Å²) in [7, 11) is 0. The van der Waals surface area contributed by atoms with E-state index in [1.54, 1.807) is 0 Å². The van der Waals surface area contributed by atoms with Crippen molar-refractivity contribution in [2.45, 2.75) is 6.92 Å². The minimum Gasteiger partial charge on any atom is -0.273 e. The second-order valence-electron chi connectivity index (χ2n) is 2.23. The summed E-state index contributed by atoms with van der Waals surface area (Å²) in [5.41, 5.74) is 5.47. The molecule has 0 saturated carbocycles. The Balaban J connectivity index is 2.29. The first kappa shape index (κ1) is 8.55. The van der Waals surface area contributed by atoms with E-state index in [-0.39, 0.29) is 5.91 Å². The molecule has 0 aliphatic rings. The van der Waals surface area contributed by atoms with Gasteiger partial charge in [0.1, 0.15) is 0 Å². The molecule has 12 heavy (non-hydrogen) atoms. The van der Waals surface area contributed by atoms with Crippen molar-refractivity contribution in [1.29, 1.82) is 0 Å². The van der Waals surface area contributed by atoms with Crippen LogP contribution in [0.25, 0.3) is 0 Å². The molecule has 64 valence electrons. The first-order chi connectivity index (χ1) is 5.79. The fraction of sp³-hybridized carbons (Fsp3) is 0.125. The van der Waals surface area contributed by atoms with Gasteiger partial charge in [-0.2, -0.15) is 4.94 Å². The highest BCUT2D eigenvalue weighted by Crippen LogP contribution is 2.03. The van der Waals surface area contributed by atoms with Gasteiger partial charge in [0.05, 0.1) is 5.69 Å². The van der Waals surface area contributed by atoms with Crippen molar-refractivity contribution in [3.8, 4) is 0 Å². The van der Waals surface area contributed by atoms with E-state index in [4.69, 9.17) is 0 Å². The van der Waals surface area contributed by atoms with Crippen LogP contribution in [0, 0.1) is 0 Å². The summed E-state index contributed by atoms with van der Waals surface area (Å²) in [6, 6.07) is 9.26. The molecule has 0 unspecified atom stereocenters. The molecule has 2 N–H and O–H groups in total. The van der Waals surface area contributed by atoms with Crippen LogP contribution in [-0.2, 0) is 9.73 Å². The zero-order valence-corrected chi connectivity index (χ0v) is 6.70. The summed E-state index contributed by atoms with van der Waals surface area (Å²) in [6.45, 7) is 1.37. The Bertz CT molecular complexity index is 248. The summed E-state index contributed by atoms with van der Waals surface area (Å²) in [6.07, 6.45) is 0. The monoisotopic (exact) mass is 166 g/mol. The molecule has 0 fully saturated rings. The highest BCUT2D eigenvalue weighted by atomic mass is 16.8. The van der Waals surface area contributed by atoms with Crippen LogP contribution in [0.2, 0.25) is 0 Å². The lowest BCUT2D eigenvalue weighted by Crippen LogP contribution is -2.23. The summed E-state index contributed by atoms with van der Waals surface area (Å²) in [4.78, 5) is 15.0. The molecule has 1 amide bonds. The van der Waals surface area contributed by atoms with Gasteiger partial charge < -0.3 is 0 Å². The molecule has 4 nitrogen and oxygen atoms in total. The highest BCUT2D eigenvalue weighted by Gasteiger charge is 1.90. The summed E-state index contributed by atoms with van der Waals surface area (Å²) < 4.78 is 0. The van der Waals surface area contributed by atoms with Gasteiger partial charge in [-0.15, -0.1) is 0 Å². The molecule has 4 heteroatoms. The Kier molecular flexibility index (Phi) is 3.10. The van der Waals surface area contributed by atoms with E-state index >= 15 is 0 Å². The van der Waals surface area contributed by atoms with Gasteiger partial charge in [0.25, 0.3) is 0 Å². The van der Waals surface area contributed by atoms with Crippen molar-refractivity contribution >= 4 is 11.6 Å². The number of anilines is 1. The largest absolute Gasteiger partial charge is 0.273 e. The number of carbonyl (C=O) groups excluding carboxylic acids is 1. The molecule has 0 aliphatic heterocycles. The number of amides is 1. The molecule has 1 aromatic carbocycles. The average Bonchev–Trinajstić information content (AvgIpc) is 2.05. The van der Waals surface area contributed by atoms with Crippen molar-refractivity contribution in [2.24, 2.45) is 0 Å². The average molecular weight is 166 g/mol. The van der Waals surface area contributed by atoms with Gasteiger partial charge in [-0.3, -0.25) is 4.79 Å². The van der Waals surface area contributed by atoms with Gasteiger partial charge in [-0.05, 0) is 12.1 Å². The van der Waals surface area contributed by atoms with Crippen LogP contribution in [0.1, 0.15) is 6.92 Å². The predicted octanol–water partition coefficient (Wildman–Crippen LogP) is 1.08. The fourth-order valence-corrected chi connectivity index (χ4v) is 0.662. The van der Waals surface area contributed by atoms with E-state index in [2.05, 4.69) is 15.9 Å². The molecule has 0 heterocycles. The first-order valence-corrected chi connectivity index (χ1v) is 3.52. The minimum atomic E-state index is -0.251. The van der Waals surface area contributed by atoms with Gasteiger partial charge in [-0.25, -0.2) is 11.0 Å². The highest BCUT2D eigenvalue weighted by molar-refractivity contribution is 5.71. The normalized spacial score (nSPS) is 9.08. The quantitative estimate of drug-likeness (QED) is 0.660. The number of hydroxylamine groups is 1. The lowest BCUT2D eigenvalue weighted by Gasteiger charge is -2.04.